The lowest BCUT2D eigenvalue weighted by Crippen LogP contribution is -2.64. The number of allylic oxidation sites excluding steroid dienone is 1. The Labute approximate surface area is 242 Å². The second kappa shape index (κ2) is 10.5. The number of benzene rings is 1. The molecule has 1 aromatic carbocycles. The summed E-state index contributed by atoms with van der Waals surface area (Å²) in [5.74, 6) is 7.03. The Morgan fingerprint density at radius 1 is 1.17 bits per heavy atom. The normalized spacial score (nSPS) is 25.3. The molecule has 1 saturated heterocycles. The molecule has 1 saturated carbocycles. The van der Waals surface area contributed by atoms with E-state index in [0.29, 0.717) is 5.84 Å². The lowest BCUT2D eigenvalue weighted by molar-refractivity contribution is -0.750. The van der Waals surface area contributed by atoms with Crippen LogP contribution < -0.4 is 11.2 Å². The van der Waals surface area contributed by atoms with Gasteiger partial charge in [-0.2, -0.15) is 24.0 Å². The van der Waals surface area contributed by atoms with E-state index in [1.807, 2.05) is 0 Å². The molecule has 6 rings (SSSR count). The topological polar surface area (TPSA) is 99.2 Å². The molecule has 9 nitrogen and oxygen atoms in total. The van der Waals surface area contributed by atoms with Crippen LogP contribution in [0.5, 0.6) is 0 Å². The number of aromatic nitrogens is 1. The molecule has 220 valence electrons. The van der Waals surface area contributed by atoms with Crippen LogP contribution in [0, 0.1) is 5.92 Å². The molecular formula is C30H34F3N8O+. The number of nitrogens with zero attached hydrogens (tertiary/aromatic N) is 6. The average Bonchev–Trinajstić information content (AvgIpc) is 3.25. The van der Waals surface area contributed by atoms with Crippen molar-refractivity contribution in [1.82, 2.24) is 14.8 Å². The number of carbonyl (C=O) groups excluding carboxylic acids is 1. The number of hydrogen-bond acceptors (Lipinski definition) is 7. The molecule has 3 N–H and O–H groups in total. The number of fused-ring (bicyclic) bond motifs is 1. The number of alkyl halides is 3. The first-order valence-electron chi connectivity index (χ1n) is 14.1. The van der Waals surface area contributed by atoms with E-state index in [4.69, 9.17) is 10.8 Å². The molecule has 4 aliphatic rings. The summed E-state index contributed by atoms with van der Waals surface area (Å²) < 4.78 is 39.0. The molecule has 0 bridgehead atoms. The molecule has 3 aliphatic heterocycles. The summed E-state index contributed by atoms with van der Waals surface area (Å²) in [4.78, 5) is 31.1. The van der Waals surface area contributed by atoms with Gasteiger partial charge in [0.15, 0.2) is 0 Å². The summed E-state index contributed by atoms with van der Waals surface area (Å²) in [6.45, 7) is 1.96. The first-order valence-corrected chi connectivity index (χ1v) is 14.1. The van der Waals surface area contributed by atoms with E-state index in [-0.39, 0.29) is 27.6 Å². The van der Waals surface area contributed by atoms with Crippen LogP contribution in [0.3, 0.4) is 0 Å². The quantitative estimate of drug-likeness (QED) is 0.381. The van der Waals surface area contributed by atoms with Crippen molar-refractivity contribution in [3.8, 4) is 0 Å². The highest BCUT2D eigenvalue weighted by molar-refractivity contribution is 6.05. The van der Waals surface area contributed by atoms with Crippen LogP contribution >= 0.6 is 0 Å². The number of nitrogens with two attached hydrogens (primary N) is 1. The number of amidine groups is 1. The van der Waals surface area contributed by atoms with Gasteiger partial charge in [-0.05, 0) is 89.1 Å². The highest BCUT2D eigenvalue weighted by Crippen LogP contribution is 2.44. The van der Waals surface area contributed by atoms with Crippen LogP contribution in [-0.2, 0) is 6.18 Å². The van der Waals surface area contributed by atoms with E-state index in [1.54, 1.807) is 42.9 Å². The highest BCUT2D eigenvalue weighted by Gasteiger charge is 2.49. The summed E-state index contributed by atoms with van der Waals surface area (Å²) in [6, 6.07) is 8.37. The second-order valence-corrected chi connectivity index (χ2v) is 11.5. The van der Waals surface area contributed by atoms with Gasteiger partial charge in [0.05, 0.1) is 29.2 Å². The fraction of sp³-hybridized carbons (Fsp3) is 0.400. The summed E-state index contributed by atoms with van der Waals surface area (Å²) in [5.41, 5.74) is 1.99. The zero-order valence-corrected chi connectivity index (χ0v) is 23.6. The SMILES string of the molecule is CN(C)C1(N2CCCC(C3=C4C=NC=C[N+]4(N)C(c4ccc(C(=O)Nc5cc(C(F)(F)F)ccn5)cc4)=N3)C2)CCC1. The Balaban J connectivity index is 1.24. The minimum absolute atomic E-state index is 0.101. The molecular weight excluding hydrogens is 545 g/mol. The molecule has 4 heterocycles. The van der Waals surface area contributed by atoms with Crippen molar-refractivity contribution >= 4 is 23.8 Å². The van der Waals surface area contributed by atoms with Crippen LogP contribution in [0.1, 0.15) is 53.6 Å². The first-order chi connectivity index (χ1) is 20.0. The molecule has 0 radical (unpaired) electrons. The number of hydrogen-bond donors (Lipinski definition) is 2. The van der Waals surface area contributed by atoms with Crippen LogP contribution in [0.2, 0.25) is 0 Å². The molecule has 1 aliphatic carbocycles. The van der Waals surface area contributed by atoms with E-state index in [2.05, 4.69) is 39.2 Å². The van der Waals surface area contributed by atoms with Gasteiger partial charge < -0.3 is 5.32 Å². The van der Waals surface area contributed by atoms with Gasteiger partial charge in [-0.1, -0.05) is 0 Å². The molecule has 0 spiro atoms. The van der Waals surface area contributed by atoms with Gasteiger partial charge in [0, 0.05) is 24.2 Å². The van der Waals surface area contributed by atoms with Gasteiger partial charge in [0.25, 0.3) is 11.7 Å². The van der Waals surface area contributed by atoms with Crippen LogP contribution in [0.4, 0.5) is 19.0 Å². The molecule has 2 unspecified atom stereocenters. The monoisotopic (exact) mass is 579 g/mol. The van der Waals surface area contributed by atoms with E-state index < -0.39 is 17.6 Å². The maximum absolute atomic E-state index is 13.1. The van der Waals surface area contributed by atoms with Crippen molar-refractivity contribution < 1.29 is 22.6 Å². The van der Waals surface area contributed by atoms with Crippen molar-refractivity contribution in [2.75, 3.05) is 32.5 Å². The number of anilines is 1. The maximum atomic E-state index is 13.1. The summed E-state index contributed by atoms with van der Waals surface area (Å²) in [7, 11) is 4.33. The van der Waals surface area contributed by atoms with Gasteiger partial charge in [0.2, 0.25) is 5.70 Å². The highest BCUT2D eigenvalue weighted by atomic mass is 19.4. The number of nitrogens with one attached hydrogen (secondary N) is 1. The largest absolute Gasteiger partial charge is 0.416 e. The molecule has 2 fully saturated rings. The van der Waals surface area contributed by atoms with Crippen molar-refractivity contribution in [1.29, 1.82) is 0 Å². The maximum Gasteiger partial charge on any atom is 0.416 e. The van der Waals surface area contributed by atoms with Gasteiger partial charge in [0.1, 0.15) is 17.7 Å². The third-order valence-corrected chi connectivity index (χ3v) is 8.94. The Hall–Kier alpha value is -3.71. The standard InChI is InChI=1S/C30H33F3N8O/c1-39(2)29(11-4-12-29)40-15-3-5-22(19-40)26-24-18-35-14-16-41(24,34)27(38-26)20-6-8-21(9-7-20)28(42)37-25-17-23(10-13-36-25)30(31,32)33/h6-10,13-14,16-18,22H,3-5,11-12,15,19,34H2,1-2H3/p+1. The fourth-order valence-electron chi connectivity index (χ4n) is 6.46. The van der Waals surface area contributed by atoms with Crippen molar-refractivity contribution in [3.63, 3.8) is 0 Å². The number of halogens is 3. The number of amides is 1. The Bertz CT molecular complexity index is 1510. The van der Waals surface area contributed by atoms with Crippen LogP contribution in [0.25, 0.3) is 0 Å². The van der Waals surface area contributed by atoms with Crippen molar-refractivity contribution in [3.05, 3.63) is 83.1 Å². The number of aliphatic imine (C=N–C) groups is 2. The molecule has 2 atom stereocenters. The van der Waals surface area contributed by atoms with Crippen LogP contribution in [-0.4, -0.2) is 70.2 Å². The van der Waals surface area contributed by atoms with Crippen LogP contribution in [0.15, 0.2) is 76.4 Å². The van der Waals surface area contributed by atoms with Gasteiger partial charge >= 0.3 is 6.18 Å². The molecule has 1 aromatic heterocycles. The fourth-order valence-corrected chi connectivity index (χ4v) is 6.46. The third-order valence-electron chi connectivity index (χ3n) is 8.94. The number of quaternary nitrogens is 1. The minimum atomic E-state index is -4.53. The van der Waals surface area contributed by atoms with E-state index in [1.165, 1.54) is 6.42 Å². The smallest absolute Gasteiger partial charge is 0.307 e. The van der Waals surface area contributed by atoms with Gasteiger partial charge in [-0.25, -0.2) is 4.98 Å². The summed E-state index contributed by atoms with van der Waals surface area (Å²) in [6.07, 6.45) is 7.38. The molecule has 2 aromatic rings. The average molecular weight is 580 g/mol. The number of piperidine rings is 1. The Kier molecular flexibility index (Phi) is 7.12. The third kappa shape index (κ3) is 4.87. The summed E-state index contributed by atoms with van der Waals surface area (Å²) >= 11 is 0. The lowest BCUT2D eigenvalue weighted by Gasteiger charge is -2.56. The zero-order chi connectivity index (χ0) is 29.7. The van der Waals surface area contributed by atoms with Gasteiger partial charge in [-0.3, -0.25) is 19.6 Å². The van der Waals surface area contributed by atoms with Gasteiger partial charge in [-0.15, -0.1) is 4.59 Å². The lowest BCUT2D eigenvalue weighted by atomic mass is 9.79. The minimum Gasteiger partial charge on any atom is -0.307 e. The first kappa shape index (κ1) is 28.4. The van der Waals surface area contributed by atoms with Crippen molar-refractivity contribution in [2.24, 2.45) is 21.7 Å². The van der Waals surface area contributed by atoms with Crippen molar-refractivity contribution in [2.45, 2.75) is 43.9 Å². The predicted molar refractivity (Wildman–Crippen MR) is 154 cm³/mol. The number of carbonyl (C=O) groups is 1. The predicted octanol–water partition coefficient (Wildman–Crippen LogP) is 4.72. The summed E-state index contributed by atoms with van der Waals surface area (Å²) in [5, 5.41) is 2.44. The Morgan fingerprint density at radius 2 is 1.93 bits per heavy atom. The number of pyridine rings is 1. The van der Waals surface area contributed by atoms with E-state index in [9.17, 15) is 18.0 Å². The zero-order valence-electron chi connectivity index (χ0n) is 23.6. The molecule has 42 heavy (non-hydrogen) atoms. The molecule has 12 heteroatoms. The number of rotatable bonds is 6. The Morgan fingerprint density at radius 3 is 2.60 bits per heavy atom. The number of likely N-dealkylation sites (tertiary alicyclic amines) is 1. The molecule has 1 amide bonds. The second-order valence-electron chi connectivity index (χ2n) is 11.5. The van der Waals surface area contributed by atoms with E-state index >= 15 is 0 Å². The van der Waals surface area contributed by atoms with E-state index in [0.717, 1.165) is 74.1 Å².